The van der Waals surface area contributed by atoms with Crippen molar-refractivity contribution in [2.75, 3.05) is 13.1 Å². The summed E-state index contributed by atoms with van der Waals surface area (Å²) < 4.78 is 18.2. The molecule has 2 heterocycles. The van der Waals surface area contributed by atoms with E-state index in [9.17, 15) is 9.59 Å². The number of hydrogen-bond acceptors (Lipinski definition) is 5. The van der Waals surface area contributed by atoms with Crippen LogP contribution in [-0.2, 0) is 13.9 Å². The van der Waals surface area contributed by atoms with Gasteiger partial charge in [0.15, 0.2) is 8.32 Å². The number of carbonyl (C=O) groups is 2. The van der Waals surface area contributed by atoms with Crippen LogP contribution in [0.5, 0.6) is 0 Å². The zero-order valence-corrected chi connectivity index (χ0v) is 26.5. The second-order valence-corrected chi connectivity index (χ2v) is 19.1. The summed E-state index contributed by atoms with van der Waals surface area (Å²) in [5.41, 5.74) is 1.05. The summed E-state index contributed by atoms with van der Waals surface area (Å²) in [4.78, 5) is 29.7. The molecule has 0 bridgehead atoms. The van der Waals surface area contributed by atoms with Gasteiger partial charge in [0.25, 0.3) is 0 Å². The molecular formula is C30H50N2O5Si. The largest absolute Gasteiger partial charge is 0.444 e. The molecule has 0 saturated carbocycles. The number of hydrogen-bond donors (Lipinski definition) is 0. The van der Waals surface area contributed by atoms with E-state index in [-0.39, 0.29) is 35.4 Å². The number of rotatable bonds is 4. The van der Waals surface area contributed by atoms with Crippen molar-refractivity contribution in [3.05, 3.63) is 35.4 Å². The van der Waals surface area contributed by atoms with E-state index in [1.54, 1.807) is 0 Å². The summed E-state index contributed by atoms with van der Waals surface area (Å²) in [5, 5.41) is 0.0881. The van der Waals surface area contributed by atoms with Crippen molar-refractivity contribution >= 4 is 20.5 Å². The van der Waals surface area contributed by atoms with Gasteiger partial charge in [-0.05, 0) is 90.1 Å². The predicted molar refractivity (Wildman–Crippen MR) is 154 cm³/mol. The molecule has 0 aromatic heterocycles. The standard InChI is InChI=1S/C30H50N2O5Si/c1-28(2,3)35-26(33)31-18-12-13-24(31)21-14-16-22(17-15-21)25-19-23(37-38(10,11)30(7,8)9)20-32(25)27(34)36-29(4,5)6/h14-17,23-25H,12-13,18-20H2,1-11H3/t23-,24-,25-/m1/s1. The quantitative estimate of drug-likeness (QED) is 0.360. The first-order valence-corrected chi connectivity index (χ1v) is 17.0. The molecule has 0 spiro atoms. The maximum atomic E-state index is 13.3. The Hall–Kier alpha value is -2.06. The monoisotopic (exact) mass is 546 g/mol. The minimum Gasteiger partial charge on any atom is -0.444 e. The molecule has 2 aliphatic heterocycles. The molecule has 3 atom stereocenters. The van der Waals surface area contributed by atoms with Crippen LogP contribution in [0.2, 0.25) is 18.1 Å². The molecule has 0 radical (unpaired) electrons. The van der Waals surface area contributed by atoms with Crippen LogP contribution < -0.4 is 0 Å². The molecule has 0 unspecified atom stereocenters. The van der Waals surface area contributed by atoms with E-state index in [4.69, 9.17) is 13.9 Å². The number of benzene rings is 1. The fraction of sp³-hybridized carbons (Fsp3) is 0.733. The fourth-order valence-corrected chi connectivity index (χ4v) is 6.26. The van der Waals surface area contributed by atoms with E-state index in [1.807, 2.05) is 51.3 Å². The SMILES string of the molecule is CC(C)(C)OC(=O)N1CCC[C@@H]1c1ccc([C@H]2C[C@@H](O[Si](C)(C)C(C)(C)C)CN2C(=O)OC(C)(C)C)cc1. The average molecular weight is 547 g/mol. The first-order chi connectivity index (χ1) is 17.3. The zero-order chi connectivity index (χ0) is 28.7. The molecule has 8 heteroatoms. The maximum absolute atomic E-state index is 13.3. The van der Waals surface area contributed by atoms with E-state index < -0.39 is 19.5 Å². The van der Waals surface area contributed by atoms with E-state index >= 15 is 0 Å². The van der Waals surface area contributed by atoms with Crippen molar-refractivity contribution in [1.82, 2.24) is 9.80 Å². The first kappa shape index (κ1) is 30.5. The van der Waals surface area contributed by atoms with Gasteiger partial charge in [0, 0.05) is 13.1 Å². The van der Waals surface area contributed by atoms with Crippen molar-refractivity contribution in [1.29, 1.82) is 0 Å². The number of nitrogens with zero attached hydrogens (tertiary/aromatic N) is 2. The van der Waals surface area contributed by atoms with Crippen molar-refractivity contribution < 1.29 is 23.5 Å². The molecule has 2 saturated heterocycles. The van der Waals surface area contributed by atoms with Gasteiger partial charge < -0.3 is 18.8 Å². The molecule has 0 aliphatic carbocycles. The second-order valence-electron chi connectivity index (χ2n) is 14.4. The maximum Gasteiger partial charge on any atom is 0.410 e. The van der Waals surface area contributed by atoms with Gasteiger partial charge in [-0.1, -0.05) is 45.0 Å². The Morgan fingerprint density at radius 2 is 1.26 bits per heavy atom. The molecule has 0 N–H and O–H groups in total. The Kier molecular flexibility index (Phi) is 8.69. The Balaban J connectivity index is 1.82. The van der Waals surface area contributed by atoms with Gasteiger partial charge in [0.2, 0.25) is 0 Å². The van der Waals surface area contributed by atoms with Crippen molar-refractivity contribution in [3.8, 4) is 0 Å². The Labute approximate surface area is 231 Å². The van der Waals surface area contributed by atoms with Crippen LogP contribution >= 0.6 is 0 Å². The molecule has 1 aromatic carbocycles. The van der Waals surface area contributed by atoms with E-state index in [2.05, 4.69) is 58.1 Å². The fourth-order valence-electron chi connectivity index (χ4n) is 4.91. The molecule has 3 rings (SSSR count). The highest BCUT2D eigenvalue weighted by Crippen LogP contribution is 2.42. The van der Waals surface area contributed by atoms with Gasteiger partial charge in [-0.3, -0.25) is 4.90 Å². The highest BCUT2D eigenvalue weighted by Gasteiger charge is 2.45. The lowest BCUT2D eigenvalue weighted by molar-refractivity contribution is 0.0202. The Morgan fingerprint density at radius 3 is 1.74 bits per heavy atom. The number of amides is 2. The summed E-state index contributed by atoms with van der Waals surface area (Å²) in [7, 11) is -2.00. The Bertz CT molecular complexity index is 988. The highest BCUT2D eigenvalue weighted by atomic mass is 28.4. The summed E-state index contributed by atoms with van der Waals surface area (Å²) in [6, 6.07) is 8.25. The number of carbonyl (C=O) groups excluding carboxylic acids is 2. The number of ether oxygens (including phenoxy) is 2. The number of likely N-dealkylation sites (tertiary alicyclic amines) is 2. The molecule has 2 fully saturated rings. The van der Waals surface area contributed by atoms with Crippen molar-refractivity contribution in [2.24, 2.45) is 0 Å². The third-order valence-electron chi connectivity index (χ3n) is 7.75. The second kappa shape index (κ2) is 10.8. The van der Waals surface area contributed by atoms with Gasteiger partial charge in [-0.2, -0.15) is 0 Å². The molecule has 38 heavy (non-hydrogen) atoms. The van der Waals surface area contributed by atoms with Crippen molar-refractivity contribution in [2.45, 2.75) is 129 Å². The summed E-state index contributed by atoms with van der Waals surface area (Å²) in [6.45, 7) is 23.8. The van der Waals surface area contributed by atoms with E-state index in [1.165, 1.54) is 0 Å². The van der Waals surface area contributed by atoms with E-state index in [0.29, 0.717) is 13.1 Å². The third kappa shape index (κ3) is 7.53. The van der Waals surface area contributed by atoms with Crippen LogP contribution in [0.3, 0.4) is 0 Å². The first-order valence-electron chi connectivity index (χ1n) is 14.0. The lowest BCUT2D eigenvalue weighted by atomic mass is 9.98. The molecule has 214 valence electrons. The minimum absolute atomic E-state index is 0.000830. The molecule has 7 nitrogen and oxygen atoms in total. The predicted octanol–water partition coefficient (Wildman–Crippen LogP) is 7.83. The van der Waals surface area contributed by atoms with Crippen LogP contribution in [0.4, 0.5) is 9.59 Å². The van der Waals surface area contributed by atoms with Crippen molar-refractivity contribution in [3.63, 3.8) is 0 Å². The van der Waals surface area contributed by atoms with Crippen LogP contribution in [0.1, 0.15) is 105 Å². The van der Waals surface area contributed by atoms with Gasteiger partial charge in [-0.25, -0.2) is 9.59 Å². The smallest absolute Gasteiger partial charge is 0.410 e. The third-order valence-corrected chi connectivity index (χ3v) is 12.3. The van der Waals surface area contributed by atoms with Gasteiger partial charge >= 0.3 is 12.2 Å². The topological polar surface area (TPSA) is 68.3 Å². The van der Waals surface area contributed by atoms with Gasteiger partial charge in [0.1, 0.15) is 11.2 Å². The van der Waals surface area contributed by atoms with Crippen LogP contribution in [0.15, 0.2) is 24.3 Å². The van der Waals surface area contributed by atoms with Gasteiger partial charge in [0.05, 0.1) is 18.2 Å². The average Bonchev–Trinajstić information content (AvgIpc) is 3.38. The van der Waals surface area contributed by atoms with Crippen LogP contribution in [-0.4, -0.2) is 60.7 Å². The summed E-state index contributed by atoms with van der Waals surface area (Å²) in [5.74, 6) is 0. The minimum atomic E-state index is -2.00. The molecule has 2 amide bonds. The van der Waals surface area contributed by atoms with Crippen LogP contribution in [0.25, 0.3) is 0 Å². The molecule has 1 aromatic rings. The van der Waals surface area contributed by atoms with E-state index in [0.717, 1.165) is 30.4 Å². The Morgan fingerprint density at radius 1 is 0.789 bits per heavy atom. The highest BCUT2D eigenvalue weighted by molar-refractivity contribution is 6.74. The normalized spacial score (nSPS) is 23.1. The molecular weight excluding hydrogens is 496 g/mol. The lowest BCUT2D eigenvalue weighted by Gasteiger charge is -2.38. The zero-order valence-electron chi connectivity index (χ0n) is 25.5. The van der Waals surface area contributed by atoms with Crippen LogP contribution in [0, 0.1) is 0 Å². The lowest BCUT2D eigenvalue weighted by Crippen LogP contribution is -2.45. The summed E-state index contributed by atoms with van der Waals surface area (Å²) >= 11 is 0. The summed E-state index contributed by atoms with van der Waals surface area (Å²) in [6.07, 6.45) is 1.99. The van der Waals surface area contributed by atoms with Gasteiger partial charge in [-0.15, -0.1) is 0 Å². The molecule has 2 aliphatic rings.